The lowest BCUT2D eigenvalue weighted by atomic mass is 10.1. The average molecular weight is 347 g/mol. The molecule has 0 bridgehead atoms. The van der Waals surface area contributed by atoms with Gasteiger partial charge in [-0.05, 0) is 29.3 Å². The zero-order valence-corrected chi connectivity index (χ0v) is 14.5. The van der Waals surface area contributed by atoms with E-state index in [1.807, 2.05) is 65.6 Å². The van der Waals surface area contributed by atoms with E-state index in [1.54, 1.807) is 4.90 Å². The van der Waals surface area contributed by atoms with E-state index in [1.165, 1.54) is 0 Å². The number of amides is 2. The highest BCUT2D eigenvalue weighted by Gasteiger charge is 2.22. The van der Waals surface area contributed by atoms with Gasteiger partial charge >= 0.3 is 0 Å². The zero-order valence-electron chi connectivity index (χ0n) is 14.5. The molecule has 0 aliphatic carbocycles. The zero-order chi connectivity index (χ0) is 17.9. The lowest BCUT2D eigenvalue weighted by Gasteiger charge is -2.23. The molecule has 0 unspecified atom stereocenters. The second-order valence-corrected chi connectivity index (χ2v) is 6.59. The molecule has 2 aliphatic rings. The molecule has 132 valence electrons. The molecule has 0 saturated heterocycles. The van der Waals surface area contributed by atoms with Crippen LogP contribution in [0.5, 0.6) is 0 Å². The Labute approximate surface area is 152 Å². The standard InChI is InChI=1S/C21H21N3O2/c25-20-14-22-13-18-5-1-2-6-19(18)24(20)15-16-7-9-17(10-8-16)21(26)23-11-3-4-12-23/h1-10,22H,11-15H2. The molecule has 0 fully saturated rings. The maximum Gasteiger partial charge on any atom is 0.254 e. The summed E-state index contributed by atoms with van der Waals surface area (Å²) in [7, 11) is 0. The predicted octanol–water partition coefficient (Wildman–Crippen LogP) is 2.33. The highest BCUT2D eigenvalue weighted by atomic mass is 16.2. The Morgan fingerprint density at radius 2 is 1.69 bits per heavy atom. The second-order valence-electron chi connectivity index (χ2n) is 6.59. The number of anilines is 1. The number of rotatable bonds is 3. The fourth-order valence-electron chi connectivity index (χ4n) is 3.39. The first kappa shape index (κ1) is 16.5. The molecular weight excluding hydrogens is 326 g/mol. The first-order valence-corrected chi connectivity index (χ1v) is 8.84. The minimum absolute atomic E-state index is 0.0435. The molecule has 1 N–H and O–H groups in total. The van der Waals surface area contributed by atoms with E-state index in [9.17, 15) is 9.59 Å². The molecule has 26 heavy (non-hydrogen) atoms. The largest absolute Gasteiger partial charge is 0.331 e. The van der Waals surface area contributed by atoms with Crippen molar-refractivity contribution in [2.24, 2.45) is 0 Å². The van der Waals surface area contributed by atoms with Gasteiger partial charge in [-0.2, -0.15) is 0 Å². The van der Waals surface area contributed by atoms with Gasteiger partial charge in [0.2, 0.25) is 5.91 Å². The van der Waals surface area contributed by atoms with Gasteiger partial charge in [-0.25, -0.2) is 0 Å². The van der Waals surface area contributed by atoms with Crippen molar-refractivity contribution in [1.29, 1.82) is 0 Å². The van der Waals surface area contributed by atoms with Crippen molar-refractivity contribution in [2.75, 3.05) is 24.5 Å². The van der Waals surface area contributed by atoms with E-state index >= 15 is 0 Å². The van der Waals surface area contributed by atoms with Crippen LogP contribution in [0.25, 0.3) is 0 Å². The summed E-state index contributed by atoms with van der Waals surface area (Å²) in [6.07, 6.45) is 4.01. The van der Waals surface area contributed by atoms with Gasteiger partial charge in [0.15, 0.2) is 0 Å². The normalized spacial score (nSPS) is 16.5. The van der Waals surface area contributed by atoms with Crippen molar-refractivity contribution in [3.05, 3.63) is 77.4 Å². The number of fused-ring (bicyclic) bond motifs is 1. The van der Waals surface area contributed by atoms with Crippen LogP contribution in [0.1, 0.15) is 21.5 Å². The van der Waals surface area contributed by atoms with Gasteiger partial charge in [0.1, 0.15) is 0 Å². The van der Waals surface area contributed by atoms with Crippen LogP contribution in [-0.4, -0.2) is 36.3 Å². The van der Waals surface area contributed by atoms with Gasteiger partial charge in [-0.15, -0.1) is 0 Å². The topological polar surface area (TPSA) is 52.7 Å². The third-order valence-corrected chi connectivity index (χ3v) is 4.82. The van der Waals surface area contributed by atoms with E-state index < -0.39 is 0 Å². The van der Waals surface area contributed by atoms with Crippen molar-refractivity contribution in [3.63, 3.8) is 0 Å². The van der Waals surface area contributed by atoms with E-state index in [-0.39, 0.29) is 11.8 Å². The molecular formula is C21H21N3O2. The summed E-state index contributed by atoms with van der Waals surface area (Å²) in [4.78, 5) is 28.6. The van der Waals surface area contributed by atoms with E-state index in [4.69, 9.17) is 0 Å². The summed E-state index contributed by atoms with van der Waals surface area (Å²) >= 11 is 0. The van der Waals surface area contributed by atoms with Crippen LogP contribution >= 0.6 is 0 Å². The number of carbonyl (C=O) groups is 2. The number of benzene rings is 2. The quantitative estimate of drug-likeness (QED) is 0.867. The average Bonchev–Trinajstić information content (AvgIpc) is 3.16. The van der Waals surface area contributed by atoms with Crippen LogP contribution in [0.15, 0.2) is 60.7 Å². The number of nitrogens with one attached hydrogen (secondary N) is 1. The van der Waals surface area contributed by atoms with Gasteiger partial charge in [0.25, 0.3) is 5.91 Å². The summed E-state index contributed by atoms with van der Waals surface area (Å²) in [5.74, 6) is 0.0974. The van der Waals surface area contributed by atoms with E-state index in [0.717, 1.165) is 16.8 Å². The lowest BCUT2D eigenvalue weighted by Crippen LogP contribution is -2.35. The molecule has 2 amide bonds. The molecule has 5 nitrogen and oxygen atoms in total. The van der Waals surface area contributed by atoms with E-state index in [0.29, 0.717) is 38.3 Å². The summed E-state index contributed by atoms with van der Waals surface area (Å²) in [6.45, 7) is 2.86. The molecule has 2 heterocycles. The van der Waals surface area contributed by atoms with Crippen LogP contribution in [0.2, 0.25) is 0 Å². The minimum Gasteiger partial charge on any atom is -0.331 e. The first-order valence-electron chi connectivity index (χ1n) is 8.84. The summed E-state index contributed by atoms with van der Waals surface area (Å²) in [5.41, 5.74) is 3.75. The Kier molecular flexibility index (Phi) is 4.54. The lowest BCUT2D eigenvalue weighted by molar-refractivity contribution is -0.117. The highest BCUT2D eigenvalue weighted by Crippen LogP contribution is 2.24. The molecule has 0 spiro atoms. The van der Waals surface area contributed by atoms with Gasteiger partial charge < -0.3 is 15.1 Å². The monoisotopic (exact) mass is 347 g/mol. The third-order valence-electron chi connectivity index (χ3n) is 4.82. The Balaban J connectivity index is 1.53. The molecule has 5 heteroatoms. The van der Waals surface area contributed by atoms with Gasteiger partial charge in [0.05, 0.1) is 13.1 Å². The number of hydrogen-bond acceptors (Lipinski definition) is 3. The van der Waals surface area contributed by atoms with Crippen LogP contribution in [0.3, 0.4) is 0 Å². The smallest absolute Gasteiger partial charge is 0.254 e. The van der Waals surface area contributed by atoms with Crippen LogP contribution < -0.4 is 10.2 Å². The maximum absolute atomic E-state index is 12.5. The number of nitrogens with zero attached hydrogens (tertiary/aromatic N) is 2. The minimum atomic E-state index is 0.0435. The SMILES string of the molecule is O=C(c1ccc(CN2C(=O)CNCc3ccccc32)cc1)N1CC=CC1. The molecule has 0 aromatic heterocycles. The molecule has 2 aromatic carbocycles. The third kappa shape index (κ3) is 3.26. The molecule has 0 radical (unpaired) electrons. The van der Waals surface area contributed by atoms with Crippen LogP contribution in [0, 0.1) is 0 Å². The molecule has 4 rings (SSSR count). The predicted molar refractivity (Wildman–Crippen MR) is 101 cm³/mol. The molecule has 0 atom stereocenters. The summed E-state index contributed by atoms with van der Waals surface area (Å²) < 4.78 is 0. The number of hydrogen-bond donors (Lipinski definition) is 1. The second kappa shape index (κ2) is 7.14. The molecule has 2 aliphatic heterocycles. The van der Waals surface area contributed by atoms with Gasteiger partial charge in [-0.3, -0.25) is 9.59 Å². The Bertz CT molecular complexity index is 850. The van der Waals surface area contributed by atoms with Gasteiger partial charge in [0, 0.05) is 30.9 Å². The Morgan fingerprint density at radius 1 is 0.962 bits per heavy atom. The molecule has 2 aromatic rings. The maximum atomic E-state index is 12.5. The van der Waals surface area contributed by atoms with Crippen molar-refractivity contribution in [2.45, 2.75) is 13.1 Å². The molecule has 0 saturated carbocycles. The number of carbonyl (C=O) groups excluding carboxylic acids is 2. The number of para-hydroxylation sites is 1. The van der Waals surface area contributed by atoms with Crippen LogP contribution in [0.4, 0.5) is 5.69 Å². The fourth-order valence-corrected chi connectivity index (χ4v) is 3.39. The van der Waals surface area contributed by atoms with Gasteiger partial charge in [-0.1, -0.05) is 42.5 Å². The fraction of sp³-hybridized carbons (Fsp3) is 0.238. The highest BCUT2D eigenvalue weighted by molar-refractivity contribution is 5.96. The summed E-state index contributed by atoms with van der Waals surface area (Å²) in [6, 6.07) is 15.5. The Hall–Kier alpha value is -2.92. The van der Waals surface area contributed by atoms with E-state index in [2.05, 4.69) is 5.32 Å². The summed E-state index contributed by atoms with van der Waals surface area (Å²) in [5, 5.41) is 3.18. The van der Waals surface area contributed by atoms with Crippen molar-refractivity contribution >= 4 is 17.5 Å². The first-order chi connectivity index (χ1) is 12.7. The van der Waals surface area contributed by atoms with Crippen LogP contribution in [-0.2, 0) is 17.9 Å². The van der Waals surface area contributed by atoms with Crippen molar-refractivity contribution < 1.29 is 9.59 Å². The Morgan fingerprint density at radius 3 is 2.46 bits per heavy atom. The van der Waals surface area contributed by atoms with Crippen molar-refractivity contribution in [1.82, 2.24) is 10.2 Å². The van der Waals surface area contributed by atoms with Crippen molar-refractivity contribution in [3.8, 4) is 0 Å².